The molecule has 1 aliphatic rings. The Kier molecular flexibility index (Phi) is 4.24. The first-order valence-electron chi connectivity index (χ1n) is 7.33. The molecule has 0 radical (unpaired) electrons. The number of hydrogen-bond donors (Lipinski definition) is 1. The van der Waals surface area contributed by atoms with Gasteiger partial charge in [-0.25, -0.2) is 4.79 Å². The van der Waals surface area contributed by atoms with Gasteiger partial charge in [0.25, 0.3) is 0 Å². The zero-order chi connectivity index (χ0) is 15.5. The highest BCUT2D eigenvalue weighted by Gasteiger charge is 2.18. The van der Waals surface area contributed by atoms with Crippen LogP contribution in [0.15, 0.2) is 30.3 Å². The Balaban J connectivity index is 1.73. The predicted octanol–water partition coefficient (Wildman–Crippen LogP) is 3.80. The summed E-state index contributed by atoms with van der Waals surface area (Å²) in [6.07, 6.45) is 4.50. The van der Waals surface area contributed by atoms with Crippen LogP contribution < -0.4 is 10.1 Å². The van der Waals surface area contributed by atoms with Crippen LogP contribution in [0.4, 0.5) is 5.69 Å². The third-order valence-corrected chi connectivity index (χ3v) is 4.78. The van der Waals surface area contributed by atoms with Gasteiger partial charge in [0, 0.05) is 23.6 Å². The van der Waals surface area contributed by atoms with E-state index < -0.39 is 0 Å². The molecule has 1 N–H and O–H groups in total. The highest BCUT2D eigenvalue weighted by molar-refractivity contribution is 7.14. The van der Waals surface area contributed by atoms with Crippen LogP contribution in [0.25, 0.3) is 0 Å². The van der Waals surface area contributed by atoms with E-state index >= 15 is 0 Å². The summed E-state index contributed by atoms with van der Waals surface area (Å²) in [5.74, 6) is -0.0589. The van der Waals surface area contributed by atoms with Crippen LogP contribution in [0, 0.1) is 0 Å². The molecule has 4 nitrogen and oxygen atoms in total. The Morgan fingerprint density at radius 3 is 2.77 bits per heavy atom. The second kappa shape index (κ2) is 6.32. The average molecular weight is 315 g/mol. The van der Waals surface area contributed by atoms with E-state index in [4.69, 9.17) is 4.74 Å². The third-order valence-electron chi connectivity index (χ3n) is 3.56. The molecule has 1 aromatic heterocycles. The average Bonchev–Trinajstić information content (AvgIpc) is 2.91. The molecule has 0 bridgehead atoms. The van der Waals surface area contributed by atoms with E-state index in [-0.39, 0.29) is 11.9 Å². The van der Waals surface area contributed by atoms with E-state index in [9.17, 15) is 9.59 Å². The molecule has 0 aliphatic heterocycles. The first-order valence-corrected chi connectivity index (χ1v) is 8.15. The zero-order valence-corrected chi connectivity index (χ0v) is 13.2. The van der Waals surface area contributed by atoms with Gasteiger partial charge in [0.15, 0.2) is 0 Å². The number of nitrogens with one attached hydrogen (secondary N) is 1. The van der Waals surface area contributed by atoms with Crippen molar-refractivity contribution in [2.24, 2.45) is 0 Å². The monoisotopic (exact) mass is 315 g/mol. The van der Waals surface area contributed by atoms with Crippen molar-refractivity contribution >= 4 is 28.9 Å². The summed E-state index contributed by atoms with van der Waals surface area (Å²) in [5, 5.41) is 2.67. The Morgan fingerprint density at radius 2 is 2.00 bits per heavy atom. The van der Waals surface area contributed by atoms with Gasteiger partial charge in [-0.3, -0.25) is 4.79 Å². The molecule has 1 aromatic carbocycles. The third kappa shape index (κ3) is 3.36. The molecule has 3 rings (SSSR count). The lowest BCUT2D eigenvalue weighted by atomic mass is 9.99. The molecule has 2 aromatic rings. The lowest BCUT2D eigenvalue weighted by molar-refractivity contribution is -0.114. The summed E-state index contributed by atoms with van der Waals surface area (Å²) in [6.45, 7) is 1.44. The number of anilines is 1. The van der Waals surface area contributed by atoms with Crippen LogP contribution >= 0.6 is 11.3 Å². The Labute approximate surface area is 133 Å². The van der Waals surface area contributed by atoms with Crippen molar-refractivity contribution in [2.45, 2.75) is 32.6 Å². The maximum atomic E-state index is 12.3. The highest BCUT2D eigenvalue weighted by atomic mass is 32.1. The van der Waals surface area contributed by atoms with Crippen molar-refractivity contribution in [2.75, 3.05) is 5.32 Å². The largest absolute Gasteiger partial charge is 0.422 e. The quantitative estimate of drug-likeness (QED) is 0.692. The number of ether oxygens (including phenoxy) is 1. The van der Waals surface area contributed by atoms with Gasteiger partial charge >= 0.3 is 5.97 Å². The first-order chi connectivity index (χ1) is 10.6. The van der Waals surface area contributed by atoms with Crippen LogP contribution in [0.5, 0.6) is 5.75 Å². The molecular weight excluding hydrogens is 298 g/mol. The van der Waals surface area contributed by atoms with Gasteiger partial charge in [-0.2, -0.15) is 0 Å². The van der Waals surface area contributed by atoms with Gasteiger partial charge in [-0.1, -0.05) is 6.07 Å². The second-order valence-electron chi connectivity index (χ2n) is 5.36. The maximum absolute atomic E-state index is 12.3. The number of rotatable bonds is 3. The second-order valence-corrected chi connectivity index (χ2v) is 6.50. The van der Waals surface area contributed by atoms with Crippen molar-refractivity contribution < 1.29 is 14.3 Å². The van der Waals surface area contributed by atoms with E-state index in [0.29, 0.717) is 16.3 Å². The minimum Gasteiger partial charge on any atom is -0.422 e. The molecule has 114 valence electrons. The number of hydrogen-bond acceptors (Lipinski definition) is 4. The van der Waals surface area contributed by atoms with Gasteiger partial charge in [0.1, 0.15) is 10.6 Å². The van der Waals surface area contributed by atoms with E-state index in [1.165, 1.54) is 41.5 Å². The molecule has 5 heteroatoms. The molecule has 1 heterocycles. The standard InChI is InChI=1S/C17H17NO3S/c1-11(19)18-13-6-4-7-14(10-13)21-17(20)16-9-12-5-2-3-8-15(12)22-16/h4,6-7,9-10H,2-3,5,8H2,1H3,(H,18,19). The number of amides is 1. The molecule has 0 saturated heterocycles. The van der Waals surface area contributed by atoms with Gasteiger partial charge in [-0.05, 0) is 49.4 Å². The molecule has 0 unspecified atom stereocenters. The van der Waals surface area contributed by atoms with E-state index in [1.54, 1.807) is 24.3 Å². The molecular formula is C17H17NO3S. The summed E-state index contributed by atoms with van der Waals surface area (Å²) in [5.41, 5.74) is 1.90. The van der Waals surface area contributed by atoms with Crippen LogP contribution in [0.1, 0.15) is 39.9 Å². The fourth-order valence-electron chi connectivity index (χ4n) is 2.59. The molecule has 0 fully saturated rings. The summed E-state index contributed by atoms with van der Waals surface area (Å²) in [7, 11) is 0. The van der Waals surface area contributed by atoms with Crippen LogP contribution in [0.3, 0.4) is 0 Å². The van der Waals surface area contributed by atoms with Crippen molar-refractivity contribution in [1.82, 2.24) is 0 Å². The number of esters is 1. The van der Waals surface area contributed by atoms with Gasteiger partial charge in [-0.15, -0.1) is 11.3 Å². The van der Waals surface area contributed by atoms with Crippen molar-refractivity contribution in [3.63, 3.8) is 0 Å². The summed E-state index contributed by atoms with van der Waals surface area (Å²) in [4.78, 5) is 25.3. The predicted molar refractivity (Wildman–Crippen MR) is 86.7 cm³/mol. The number of aryl methyl sites for hydroxylation is 2. The normalized spacial score (nSPS) is 13.3. The fourth-order valence-corrected chi connectivity index (χ4v) is 3.72. The Bertz CT molecular complexity index is 697. The van der Waals surface area contributed by atoms with Crippen LogP contribution in [-0.4, -0.2) is 11.9 Å². The molecule has 1 aliphatic carbocycles. The molecule has 0 atom stereocenters. The minimum atomic E-state index is -0.334. The highest BCUT2D eigenvalue weighted by Crippen LogP contribution is 2.30. The first kappa shape index (κ1) is 14.8. The van der Waals surface area contributed by atoms with Crippen molar-refractivity contribution in [1.29, 1.82) is 0 Å². The van der Waals surface area contributed by atoms with E-state index in [1.807, 2.05) is 6.07 Å². The number of carbonyl (C=O) groups is 2. The van der Waals surface area contributed by atoms with Crippen LogP contribution in [-0.2, 0) is 17.6 Å². The minimum absolute atomic E-state index is 0.158. The van der Waals surface area contributed by atoms with Crippen LogP contribution in [0.2, 0.25) is 0 Å². The summed E-state index contributed by atoms with van der Waals surface area (Å²) in [6, 6.07) is 8.80. The SMILES string of the molecule is CC(=O)Nc1cccc(OC(=O)c2cc3c(s2)CCCC3)c1. The topological polar surface area (TPSA) is 55.4 Å². The fraction of sp³-hybridized carbons (Fsp3) is 0.294. The molecule has 22 heavy (non-hydrogen) atoms. The van der Waals surface area contributed by atoms with Crippen molar-refractivity contribution in [3.05, 3.63) is 45.6 Å². The Morgan fingerprint density at radius 1 is 1.18 bits per heavy atom. The number of fused-ring (bicyclic) bond motifs is 1. The van der Waals surface area contributed by atoms with E-state index in [0.717, 1.165) is 12.8 Å². The zero-order valence-electron chi connectivity index (χ0n) is 12.3. The number of benzene rings is 1. The smallest absolute Gasteiger partial charge is 0.353 e. The molecule has 0 saturated carbocycles. The van der Waals surface area contributed by atoms with E-state index in [2.05, 4.69) is 5.32 Å². The van der Waals surface area contributed by atoms with Crippen molar-refractivity contribution in [3.8, 4) is 5.75 Å². The molecule has 0 spiro atoms. The Hall–Kier alpha value is -2.14. The molecule has 1 amide bonds. The summed E-state index contributed by atoms with van der Waals surface area (Å²) >= 11 is 1.53. The lowest BCUT2D eigenvalue weighted by Gasteiger charge is -2.08. The van der Waals surface area contributed by atoms with Gasteiger partial charge in [0.05, 0.1) is 0 Å². The summed E-state index contributed by atoms with van der Waals surface area (Å²) < 4.78 is 5.42. The lowest BCUT2D eigenvalue weighted by Crippen LogP contribution is -2.08. The van der Waals surface area contributed by atoms with Gasteiger partial charge in [0.2, 0.25) is 5.91 Å². The number of thiophene rings is 1. The number of carbonyl (C=O) groups excluding carboxylic acids is 2. The van der Waals surface area contributed by atoms with Gasteiger partial charge < -0.3 is 10.1 Å². The maximum Gasteiger partial charge on any atom is 0.353 e.